The zero-order valence-electron chi connectivity index (χ0n) is 8.97. The highest BCUT2D eigenvalue weighted by Gasteiger charge is 2.07. The number of benzene rings is 2. The standard InChI is InChI=1S/C14H11NO/c1-15-13-5-3-2-4-11(13)12-7-6-10(9-16)8-14(12)15/h2-9H,1H3. The van der Waals surface area contributed by atoms with Crippen LogP contribution in [0.3, 0.4) is 0 Å². The molecule has 0 aliphatic heterocycles. The van der Waals surface area contributed by atoms with Crippen LogP contribution >= 0.6 is 0 Å². The summed E-state index contributed by atoms with van der Waals surface area (Å²) >= 11 is 0. The van der Waals surface area contributed by atoms with E-state index in [0.29, 0.717) is 0 Å². The van der Waals surface area contributed by atoms with Gasteiger partial charge in [-0.1, -0.05) is 30.3 Å². The Hall–Kier alpha value is -2.09. The van der Waals surface area contributed by atoms with Crippen molar-refractivity contribution in [3.8, 4) is 0 Å². The molecule has 0 fully saturated rings. The molecule has 3 rings (SSSR count). The van der Waals surface area contributed by atoms with E-state index in [1.165, 1.54) is 16.3 Å². The minimum atomic E-state index is 0.721. The van der Waals surface area contributed by atoms with Gasteiger partial charge in [0.05, 0.1) is 0 Å². The minimum absolute atomic E-state index is 0.721. The molecule has 0 aliphatic rings. The second-order valence-electron chi connectivity index (χ2n) is 3.97. The molecule has 0 unspecified atom stereocenters. The monoisotopic (exact) mass is 209 g/mol. The molecule has 0 spiro atoms. The van der Waals surface area contributed by atoms with Crippen molar-refractivity contribution in [2.45, 2.75) is 0 Å². The van der Waals surface area contributed by atoms with Crippen LogP contribution in [0.25, 0.3) is 21.8 Å². The van der Waals surface area contributed by atoms with Crippen LogP contribution in [-0.2, 0) is 7.05 Å². The smallest absolute Gasteiger partial charge is 0.150 e. The van der Waals surface area contributed by atoms with E-state index in [1.54, 1.807) is 0 Å². The summed E-state index contributed by atoms with van der Waals surface area (Å²) in [4.78, 5) is 10.8. The maximum Gasteiger partial charge on any atom is 0.150 e. The van der Waals surface area contributed by atoms with Crippen molar-refractivity contribution in [1.82, 2.24) is 4.57 Å². The Morgan fingerprint density at radius 2 is 1.75 bits per heavy atom. The number of nitrogens with zero attached hydrogens (tertiary/aromatic N) is 1. The number of aryl methyl sites for hydroxylation is 1. The van der Waals surface area contributed by atoms with Crippen LogP contribution < -0.4 is 0 Å². The summed E-state index contributed by atoms with van der Waals surface area (Å²) in [6.45, 7) is 0. The topological polar surface area (TPSA) is 22.0 Å². The van der Waals surface area contributed by atoms with E-state index in [2.05, 4.69) is 16.7 Å². The van der Waals surface area contributed by atoms with Gasteiger partial charge in [0.15, 0.2) is 0 Å². The lowest BCUT2D eigenvalue weighted by atomic mass is 10.1. The molecule has 0 atom stereocenters. The number of hydrogen-bond donors (Lipinski definition) is 0. The minimum Gasteiger partial charge on any atom is -0.344 e. The summed E-state index contributed by atoms with van der Waals surface area (Å²) < 4.78 is 2.12. The van der Waals surface area contributed by atoms with Crippen molar-refractivity contribution in [1.29, 1.82) is 0 Å². The quantitative estimate of drug-likeness (QED) is 0.564. The third-order valence-corrected chi connectivity index (χ3v) is 3.07. The van der Waals surface area contributed by atoms with Crippen molar-refractivity contribution in [2.24, 2.45) is 7.05 Å². The van der Waals surface area contributed by atoms with Gasteiger partial charge in [0, 0.05) is 34.4 Å². The first-order valence-corrected chi connectivity index (χ1v) is 5.23. The molecule has 1 aromatic heterocycles. The highest BCUT2D eigenvalue weighted by molar-refractivity contribution is 6.08. The number of fused-ring (bicyclic) bond motifs is 3. The van der Waals surface area contributed by atoms with Gasteiger partial charge < -0.3 is 4.57 Å². The molecule has 0 radical (unpaired) electrons. The lowest BCUT2D eigenvalue weighted by molar-refractivity contribution is 0.112. The van der Waals surface area contributed by atoms with E-state index in [4.69, 9.17) is 0 Å². The van der Waals surface area contributed by atoms with Crippen LogP contribution in [0.15, 0.2) is 42.5 Å². The maximum atomic E-state index is 10.8. The van der Waals surface area contributed by atoms with E-state index in [1.807, 2.05) is 37.4 Å². The Kier molecular flexibility index (Phi) is 1.83. The summed E-state index contributed by atoms with van der Waals surface area (Å²) in [6, 6.07) is 14.1. The van der Waals surface area contributed by atoms with E-state index < -0.39 is 0 Å². The Balaban J connectivity index is 2.55. The number of aromatic nitrogens is 1. The first-order valence-electron chi connectivity index (χ1n) is 5.23. The molecule has 2 aromatic carbocycles. The molecular weight excluding hydrogens is 198 g/mol. The summed E-state index contributed by atoms with van der Waals surface area (Å²) in [5.41, 5.74) is 3.02. The second kappa shape index (κ2) is 3.20. The lowest BCUT2D eigenvalue weighted by Crippen LogP contribution is -1.87. The van der Waals surface area contributed by atoms with Crippen LogP contribution in [0, 0.1) is 0 Å². The largest absolute Gasteiger partial charge is 0.344 e. The molecular formula is C14H11NO. The zero-order valence-corrected chi connectivity index (χ0v) is 8.97. The molecule has 2 nitrogen and oxygen atoms in total. The molecule has 0 bridgehead atoms. The average molecular weight is 209 g/mol. The van der Waals surface area contributed by atoms with Crippen LogP contribution in [0.4, 0.5) is 0 Å². The van der Waals surface area contributed by atoms with Gasteiger partial charge in [-0.3, -0.25) is 4.79 Å². The fraction of sp³-hybridized carbons (Fsp3) is 0.0714. The Bertz CT molecular complexity index is 694. The Morgan fingerprint density at radius 1 is 1.00 bits per heavy atom. The van der Waals surface area contributed by atoms with E-state index in [-0.39, 0.29) is 0 Å². The summed E-state index contributed by atoms with van der Waals surface area (Å²) in [5, 5.41) is 2.43. The van der Waals surface area contributed by atoms with Crippen LogP contribution in [0.2, 0.25) is 0 Å². The zero-order chi connectivity index (χ0) is 11.1. The fourth-order valence-corrected chi connectivity index (χ4v) is 2.25. The van der Waals surface area contributed by atoms with E-state index >= 15 is 0 Å². The van der Waals surface area contributed by atoms with Crippen LogP contribution in [-0.4, -0.2) is 10.9 Å². The van der Waals surface area contributed by atoms with Crippen molar-refractivity contribution < 1.29 is 4.79 Å². The summed E-state index contributed by atoms with van der Waals surface area (Å²) in [5.74, 6) is 0. The molecule has 2 heteroatoms. The summed E-state index contributed by atoms with van der Waals surface area (Å²) in [6.07, 6.45) is 0.886. The predicted molar refractivity (Wildman–Crippen MR) is 65.8 cm³/mol. The lowest BCUT2D eigenvalue weighted by Gasteiger charge is -1.97. The number of aldehydes is 1. The highest BCUT2D eigenvalue weighted by Crippen LogP contribution is 2.28. The SMILES string of the molecule is Cn1c2ccccc2c2ccc(C=O)cc21. The number of hydrogen-bond acceptors (Lipinski definition) is 1. The molecule has 0 aliphatic carbocycles. The molecule has 3 aromatic rings. The molecule has 0 N–H and O–H groups in total. The van der Waals surface area contributed by atoms with Gasteiger partial charge in [-0.15, -0.1) is 0 Å². The van der Waals surface area contributed by atoms with Gasteiger partial charge >= 0.3 is 0 Å². The highest BCUT2D eigenvalue weighted by atomic mass is 16.1. The van der Waals surface area contributed by atoms with Crippen molar-refractivity contribution >= 4 is 28.1 Å². The van der Waals surface area contributed by atoms with Gasteiger partial charge in [0.1, 0.15) is 6.29 Å². The van der Waals surface area contributed by atoms with Gasteiger partial charge in [-0.25, -0.2) is 0 Å². The Morgan fingerprint density at radius 3 is 2.56 bits per heavy atom. The molecule has 1 heterocycles. The third-order valence-electron chi connectivity index (χ3n) is 3.07. The van der Waals surface area contributed by atoms with E-state index in [0.717, 1.165) is 17.4 Å². The number of carbonyl (C=O) groups excluding carboxylic acids is 1. The predicted octanol–water partition coefficient (Wildman–Crippen LogP) is 3.14. The molecule has 0 saturated carbocycles. The molecule has 16 heavy (non-hydrogen) atoms. The second-order valence-corrected chi connectivity index (χ2v) is 3.97. The van der Waals surface area contributed by atoms with Gasteiger partial charge in [0.25, 0.3) is 0 Å². The Labute approximate surface area is 93.1 Å². The van der Waals surface area contributed by atoms with Crippen LogP contribution in [0.5, 0.6) is 0 Å². The average Bonchev–Trinajstić information content (AvgIpc) is 2.64. The van der Waals surface area contributed by atoms with Gasteiger partial charge in [0.2, 0.25) is 0 Å². The maximum absolute atomic E-state index is 10.8. The van der Waals surface area contributed by atoms with Crippen LogP contribution in [0.1, 0.15) is 10.4 Å². The fourth-order valence-electron chi connectivity index (χ4n) is 2.25. The number of para-hydroxylation sites is 1. The summed E-state index contributed by atoms with van der Waals surface area (Å²) in [7, 11) is 2.03. The van der Waals surface area contributed by atoms with Gasteiger partial charge in [-0.2, -0.15) is 0 Å². The molecule has 0 amide bonds. The first-order chi connectivity index (χ1) is 7.81. The number of carbonyl (C=O) groups is 1. The van der Waals surface area contributed by atoms with Gasteiger partial charge in [-0.05, 0) is 12.1 Å². The van der Waals surface area contributed by atoms with E-state index in [9.17, 15) is 4.79 Å². The van der Waals surface area contributed by atoms with Crippen molar-refractivity contribution in [3.63, 3.8) is 0 Å². The first kappa shape index (κ1) is 9.16. The van der Waals surface area contributed by atoms with Crippen molar-refractivity contribution in [2.75, 3.05) is 0 Å². The molecule has 0 saturated heterocycles. The third kappa shape index (κ3) is 1.10. The van der Waals surface area contributed by atoms with Crippen molar-refractivity contribution in [3.05, 3.63) is 48.0 Å². The normalized spacial score (nSPS) is 11.1. The number of rotatable bonds is 1. The molecule has 78 valence electrons.